The Morgan fingerprint density at radius 2 is 1.41 bits per heavy atom. The molecule has 3 heteroatoms. The van der Waals surface area contributed by atoms with Gasteiger partial charge in [0.2, 0.25) is 0 Å². The summed E-state index contributed by atoms with van der Waals surface area (Å²) < 4.78 is 6.00. The number of aliphatic hydroxyl groups is 1. The summed E-state index contributed by atoms with van der Waals surface area (Å²) >= 11 is 0. The Morgan fingerprint density at radius 3 is 1.93 bits per heavy atom. The van der Waals surface area contributed by atoms with Crippen molar-refractivity contribution in [2.24, 2.45) is 0 Å². The quantitative estimate of drug-likeness (QED) is 0.748. The third kappa shape index (κ3) is 5.65. The summed E-state index contributed by atoms with van der Waals surface area (Å²) in [6, 6.07) is 22.0. The summed E-state index contributed by atoms with van der Waals surface area (Å²) in [5.41, 5.74) is 2.49. The largest absolute Gasteiger partial charge is 0.389 e. The van der Waals surface area contributed by atoms with Crippen molar-refractivity contribution in [3.05, 3.63) is 71.8 Å². The molecule has 0 unspecified atom stereocenters. The average molecular weight is 368 g/mol. The molecule has 3 nitrogen and oxygen atoms in total. The van der Waals surface area contributed by atoms with E-state index in [0.717, 1.165) is 0 Å². The number of aliphatic hydroxyl groups excluding tert-OH is 1. The molecular formula is C24H33NO2. The van der Waals surface area contributed by atoms with E-state index < -0.39 is 6.10 Å². The lowest BCUT2D eigenvalue weighted by Gasteiger charge is -2.40. The second-order valence-corrected chi connectivity index (χ2v) is 7.89. The van der Waals surface area contributed by atoms with Crippen molar-refractivity contribution in [1.82, 2.24) is 4.90 Å². The van der Waals surface area contributed by atoms with Gasteiger partial charge in [0, 0.05) is 24.5 Å². The summed E-state index contributed by atoms with van der Waals surface area (Å²) in [5, 5.41) is 10.5. The molecule has 27 heavy (non-hydrogen) atoms. The third-order valence-corrected chi connectivity index (χ3v) is 5.80. The monoisotopic (exact) mass is 367 g/mol. The zero-order chi connectivity index (χ0) is 19.1. The van der Waals surface area contributed by atoms with Crippen molar-refractivity contribution in [2.45, 2.75) is 57.2 Å². The van der Waals surface area contributed by atoms with E-state index in [4.69, 9.17) is 4.74 Å². The molecule has 0 amide bonds. The molecule has 1 heterocycles. The summed E-state index contributed by atoms with van der Waals surface area (Å²) in [7, 11) is 0. The van der Waals surface area contributed by atoms with Crippen molar-refractivity contribution >= 4 is 0 Å². The predicted octanol–water partition coefficient (Wildman–Crippen LogP) is 4.46. The molecule has 2 aromatic rings. The maximum Gasteiger partial charge on any atom is 0.0900 e. The van der Waals surface area contributed by atoms with Crippen LogP contribution >= 0.6 is 0 Å². The fraction of sp³-hybridized carbons (Fsp3) is 0.500. The van der Waals surface area contributed by atoms with E-state index >= 15 is 0 Å². The van der Waals surface area contributed by atoms with Crippen molar-refractivity contribution in [1.29, 1.82) is 0 Å². The van der Waals surface area contributed by atoms with Gasteiger partial charge in [0.05, 0.1) is 19.3 Å². The Morgan fingerprint density at radius 1 is 0.889 bits per heavy atom. The highest BCUT2D eigenvalue weighted by Gasteiger charge is 2.26. The van der Waals surface area contributed by atoms with Gasteiger partial charge < -0.3 is 9.84 Å². The zero-order valence-electron chi connectivity index (χ0n) is 16.6. The molecule has 3 rings (SSSR count). The van der Waals surface area contributed by atoms with Crippen LogP contribution in [0.5, 0.6) is 0 Å². The van der Waals surface area contributed by atoms with Gasteiger partial charge in [0.15, 0.2) is 0 Å². The fourth-order valence-electron chi connectivity index (χ4n) is 4.21. The average Bonchev–Trinajstić information content (AvgIpc) is 2.69. The standard InChI is InChI=1S/C24H33NO2/c1-19-10-9-11-20(2)25(19)16-23(26)17-27-18-24(21-12-5-3-6-13-21)22-14-7-4-8-15-22/h3-8,12-15,19-20,23-24,26H,9-11,16-18H2,1-2H3/t19-,20+,23-/m0/s1. The minimum absolute atomic E-state index is 0.187. The van der Waals surface area contributed by atoms with Crippen LogP contribution in [0.4, 0.5) is 0 Å². The van der Waals surface area contributed by atoms with Gasteiger partial charge in [-0.25, -0.2) is 0 Å². The first-order valence-electron chi connectivity index (χ1n) is 10.3. The first-order valence-corrected chi connectivity index (χ1v) is 10.3. The topological polar surface area (TPSA) is 32.7 Å². The number of hydrogen-bond acceptors (Lipinski definition) is 3. The van der Waals surface area contributed by atoms with Crippen molar-refractivity contribution < 1.29 is 9.84 Å². The molecule has 1 saturated heterocycles. The molecule has 0 saturated carbocycles. The van der Waals surface area contributed by atoms with E-state index in [-0.39, 0.29) is 5.92 Å². The van der Waals surface area contributed by atoms with Crippen molar-refractivity contribution in [3.63, 3.8) is 0 Å². The number of benzene rings is 2. The molecule has 0 bridgehead atoms. The van der Waals surface area contributed by atoms with E-state index in [2.05, 4.69) is 67.3 Å². The molecule has 1 fully saturated rings. The smallest absolute Gasteiger partial charge is 0.0900 e. The van der Waals surface area contributed by atoms with E-state index in [9.17, 15) is 5.11 Å². The SMILES string of the molecule is C[C@@H]1CCC[C@H](C)N1C[C@H](O)COCC(c1ccccc1)c1ccccc1. The molecular weight excluding hydrogens is 334 g/mol. The molecule has 3 atom stereocenters. The highest BCUT2D eigenvalue weighted by molar-refractivity contribution is 5.32. The highest BCUT2D eigenvalue weighted by atomic mass is 16.5. The predicted molar refractivity (Wildman–Crippen MR) is 111 cm³/mol. The van der Waals surface area contributed by atoms with Crippen LogP contribution in [0.1, 0.15) is 50.2 Å². The van der Waals surface area contributed by atoms with Gasteiger partial charge in [0.1, 0.15) is 0 Å². The van der Waals surface area contributed by atoms with Gasteiger partial charge in [-0.15, -0.1) is 0 Å². The molecule has 0 spiro atoms. The Balaban J connectivity index is 1.56. The lowest BCUT2D eigenvalue weighted by Crippen LogP contribution is -2.48. The van der Waals surface area contributed by atoms with Crippen LogP contribution in [0.25, 0.3) is 0 Å². The molecule has 1 aliphatic heterocycles. The van der Waals surface area contributed by atoms with Crippen LogP contribution < -0.4 is 0 Å². The number of hydrogen-bond donors (Lipinski definition) is 1. The maximum atomic E-state index is 10.5. The Bertz CT molecular complexity index is 611. The molecule has 146 valence electrons. The van der Waals surface area contributed by atoms with E-state index in [1.165, 1.54) is 30.4 Å². The number of likely N-dealkylation sites (tertiary alicyclic amines) is 1. The summed E-state index contributed by atoms with van der Waals surface area (Å²) in [4.78, 5) is 2.43. The van der Waals surface area contributed by atoms with Crippen molar-refractivity contribution in [3.8, 4) is 0 Å². The van der Waals surface area contributed by atoms with Crippen LogP contribution in [0.2, 0.25) is 0 Å². The van der Waals surface area contributed by atoms with Gasteiger partial charge >= 0.3 is 0 Å². The van der Waals surface area contributed by atoms with Crippen LogP contribution in [0.3, 0.4) is 0 Å². The number of nitrogens with zero attached hydrogens (tertiary/aromatic N) is 1. The number of ether oxygens (including phenoxy) is 1. The second kappa shape index (κ2) is 10.0. The second-order valence-electron chi connectivity index (χ2n) is 7.89. The lowest BCUT2D eigenvalue weighted by molar-refractivity contribution is -0.0103. The van der Waals surface area contributed by atoms with Crippen molar-refractivity contribution in [2.75, 3.05) is 19.8 Å². The zero-order valence-corrected chi connectivity index (χ0v) is 16.6. The van der Waals surface area contributed by atoms with Crippen LogP contribution in [0.15, 0.2) is 60.7 Å². The van der Waals surface area contributed by atoms with Gasteiger partial charge in [0.25, 0.3) is 0 Å². The van der Waals surface area contributed by atoms with E-state index in [0.29, 0.717) is 31.8 Å². The molecule has 2 aromatic carbocycles. The van der Waals surface area contributed by atoms with Crippen LogP contribution in [0, 0.1) is 0 Å². The van der Waals surface area contributed by atoms with E-state index in [1.807, 2.05) is 12.1 Å². The van der Waals surface area contributed by atoms with Gasteiger partial charge in [-0.05, 0) is 37.8 Å². The number of piperidine rings is 1. The van der Waals surface area contributed by atoms with Crippen LogP contribution in [-0.2, 0) is 4.74 Å². The fourth-order valence-corrected chi connectivity index (χ4v) is 4.21. The first-order chi connectivity index (χ1) is 13.1. The highest BCUT2D eigenvalue weighted by Crippen LogP contribution is 2.25. The summed E-state index contributed by atoms with van der Waals surface area (Å²) in [6.07, 6.45) is 3.30. The van der Waals surface area contributed by atoms with Crippen LogP contribution in [-0.4, -0.2) is 48.0 Å². The minimum atomic E-state index is -0.444. The third-order valence-electron chi connectivity index (χ3n) is 5.80. The van der Waals surface area contributed by atoms with Gasteiger partial charge in [-0.2, -0.15) is 0 Å². The number of rotatable bonds is 8. The maximum absolute atomic E-state index is 10.5. The normalized spacial score (nSPS) is 22.1. The van der Waals surface area contributed by atoms with Gasteiger partial charge in [-0.3, -0.25) is 4.90 Å². The number of β-amino-alcohol motifs (C(OH)–C–C–N with tert-alkyl or cyclic N) is 1. The summed E-state index contributed by atoms with van der Waals surface area (Å²) in [5.74, 6) is 0.187. The molecule has 0 aromatic heterocycles. The Kier molecular flexibility index (Phi) is 7.45. The molecule has 0 aliphatic carbocycles. The Labute approximate surface area is 164 Å². The molecule has 1 N–H and O–H groups in total. The Hall–Kier alpha value is -1.68. The molecule has 0 radical (unpaired) electrons. The van der Waals surface area contributed by atoms with E-state index in [1.54, 1.807) is 0 Å². The minimum Gasteiger partial charge on any atom is -0.389 e. The van der Waals surface area contributed by atoms with Gasteiger partial charge in [-0.1, -0.05) is 67.1 Å². The summed E-state index contributed by atoms with van der Waals surface area (Å²) in [6.45, 7) is 6.19. The lowest BCUT2D eigenvalue weighted by atomic mass is 9.92. The molecule has 1 aliphatic rings. The first kappa shape index (κ1) is 20.1.